The minimum Gasteiger partial charge on any atom is -0.334 e. The highest BCUT2D eigenvalue weighted by atomic mass is 32.2. The van der Waals surface area contributed by atoms with Crippen molar-refractivity contribution in [3.8, 4) is 0 Å². The zero-order valence-corrected chi connectivity index (χ0v) is 11.3. The van der Waals surface area contributed by atoms with Crippen molar-refractivity contribution in [1.82, 2.24) is 16.0 Å². The zero-order chi connectivity index (χ0) is 13.0. The second kappa shape index (κ2) is 5.88. The highest BCUT2D eigenvalue weighted by molar-refractivity contribution is 7.91. The normalized spacial score (nSPS) is 31.6. The monoisotopic (exact) mass is 275 g/mol. The molecule has 2 heterocycles. The molecule has 0 aromatic heterocycles. The maximum atomic E-state index is 11.7. The Morgan fingerprint density at radius 1 is 1.11 bits per heavy atom. The lowest BCUT2D eigenvalue weighted by Crippen LogP contribution is -2.53. The molecule has 6 nitrogen and oxygen atoms in total. The maximum Gasteiger partial charge on any atom is 0.315 e. The minimum absolute atomic E-state index is 0.0728. The van der Waals surface area contributed by atoms with E-state index in [0.717, 1.165) is 32.4 Å². The molecule has 2 saturated heterocycles. The van der Waals surface area contributed by atoms with Crippen molar-refractivity contribution in [3.05, 3.63) is 0 Å². The van der Waals surface area contributed by atoms with E-state index in [1.165, 1.54) is 0 Å². The van der Waals surface area contributed by atoms with E-state index >= 15 is 0 Å². The molecule has 104 valence electrons. The van der Waals surface area contributed by atoms with Crippen LogP contribution in [-0.2, 0) is 9.84 Å². The Morgan fingerprint density at radius 3 is 2.50 bits per heavy atom. The van der Waals surface area contributed by atoms with Gasteiger partial charge in [-0.25, -0.2) is 13.2 Å². The molecule has 0 spiro atoms. The van der Waals surface area contributed by atoms with Crippen molar-refractivity contribution in [2.45, 2.75) is 37.8 Å². The lowest BCUT2D eigenvalue weighted by molar-refractivity contribution is 0.230. The van der Waals surface area contributed by atoms with Gasteiger partial charge in [-0.05, 0) is 32.2 Å². The summed E-state index contributed by atoms with van der Waals surface area (Å²) >= 11 is 0. The topological polar surface area (TPSA) is 87.3 Å². The Kier molecular flexibility index (Phi) is 4.45. The van der Waals surface area contributed by atoms with E-state index in [4.69, 9.17) is 0 Å². The summed E-state index contributed by atoms with van der Waals surface area (Å²) in [6.45, 7) is 1.79. The SMILES string of the molecule is O=C(NC1CCCNC1)NC1CCCS(=O)(=O)C1. The van der Waals surface area contributed by atoms with Crippen LogP contribution in [0.15, 0.2) is 0 Å². The number of piperidine rings is 1. The molecule has 0 radical (unpaired) electrons. The summed E-state index contributed by atoms with van der Waals surface area (Å²) in [5, 5.41) is 8.87. The highest BCUT2D eigenvalue weighted by Gasteiger charge is 2.26. The molecule has 0 aliphatic carbocycles. The van der Waals surface area contributed by atoms with Gasteiger partial charge < -0.3 is 16.0 Å². The van der Waals surface area contributed by atoms with Crippen LogP contribution >= 0.6 is 0 Å². The van der Waals surface area contributed by atoms with Crippen LogP contribution < -0.4 is 16.0 Å². The molecule has 2 amide bonds. The molecule has 2 aliphatic heterocycles. The molecule has 2 fully saturated rings. The predicted molar refractivity (Wildman–Crippen MR) is 69.2 cm³/mol. The lowest BCUT2D eigenvalue weighted by Gasteiger charge is -2.27. The van der Waals surface area contributed by atoms with Gasteiger partial charge in [0.2, 0.25) is 0 Å². The summed E-state index contributed by atoms with van der Waals surface area (Å²) in [5.74, 6) is 0.322. The molecule has 0 bridgehead atoms. The smallest absolute Gasteiger partial charge is 0.315 e. The third-order valence-corrected chi connectivity index (χ3v) is 5.25. The van der Waals surface area contributed by atoms with Crippen molar-refractivity contribution in [3.63, 3.8) is 0 Å². The van der Waals surface area contributed by atoms with Crippen molar-refractivity contribution in [2.24, 2.45) is 0 Å². The summed E-state index contributed by atoms with van der Waals surface area (Å²) < 4.78 is 22.9. The molecule has 7 heteroatoms. The van der Waals surface area contributed by atoms with Crippen molar-refractivity contribution >= 4 is 15.9 Å². The first kappa shape index (κ1) is 13.6. The number of hydrogen-bond donors (Lipinski definition) is 3. The van der Waals surface area contributed by atoms with Crippen molar-refractivity contribution in [2.75, 3.05) is 24.6 Å². The average Bonchev–Trinajstić information content (AvgIpc) is 2.28. The summed E-state index contributed by atoms with van der Waals surface area (Å²) in [4.78, 5) is 11.7. The first-order valence-corrected chi connectivity index (χ1v) is 8.35. The van der Waals surface area contributed by atoms with Crippen LogP contribution in [0.5, 0.6) is 0 Å². The fourth-order valence-electron chi connectivity index (χ4n) is 2.52. The van der Waals surface area contributed by atoms with Crippen LogP contribution in [0.1, 0.15) is 25.7 Å². The molecule has 0 aromatic rings. The second-order valence-electron chi connectivity index (χ2n) is 5.11. The summed E-state index contributed by atoms with van der Waals surface area (Å²) in [7, 11) is -2.97. The average molecular weight is 275 g/mol. The number of carbonyl (C=O) groups is 1. The van der Waals surface area contributed by atoms with E-state index in [-0.39, 0.29) is 29.6 Å². The molecule has 3 N–H and O–H groups in total. The number of rotatable bonds is 2. The number of amides is 2. The number of sulfone groups is 1. The molecule has 0 aromatic carbocycles. The second-order valence-corrected chi connectivity index (χ2v) is 7.34. The number of urea groups is 1. The third kappa shape index (κ3) is 4.13. The summed E-state index contributed by atoms with van der Waals surface area (Å²) in [5.41, 5.74) is 0. The fraction of sp³-hybridized carbons (Fsp3) is 0.909. The van der Waals surface area contributed by atoms with Gasteiger partial charge in [0.15, 0.2) is 9.84 Å². The summed E-state index contributed by atoms with van der Waals surface area (Å²) in [6, 6.07) is -0.329. The third-order valence-electron chi connectivity index (χ3n) is 3.43. The Morgan fingerprint density at radius 2 is 1.83 bits per heavy atom. The minimum atomic E-state index is -2.97. The van der Waals surface area contributed by atoms with Gasteiger partial charge in [0.25, 0.3) is 0 Å². The standard InChI is InChI=1S/C11H21N3O3S/c15-11(13-9-3-1-5-12-7-9)14-10-4-2-6-18(16,17)8-10/h9-10,12H,1-8H2,(H2,13,14,15). The number of hydrogen-bond acceptors (Lipinski definition) is 4. The van der Waals surface area contributed by atoms with E-state index in [1.807, 2.05) is 0 Å². The highest BCUT2D eigenvalue weighted by Crippen LogP contribution is 2.12. The van der Waals surface area contributed by atoms with Crippen molar-refractivity contribution in [1.29, 1.82) is 0 Å². The Labute approximate surface area is 108 Å². The number of nitrogens with one attached hydrogen (secondary N) is 3. The molecule has 2 atom stereocenters. The fourth-order valence-corrected chi connectivity index (χ4v) is 4.16. The van der Waals surface area contributed by atoms with E-state index in [9.17, 15) is 13.2 Å². The number of carbonyl (C=O) groups excluding carboxylic acids is 1. The van der Waals surface area contributed by atoms with Crippen molar-refractivity contribution < 1.29 is 13.2 Å². The zero-order valence-electron chi connectivity index (χ0n) is 10.4. The molecule has 2 rings (SSSR count). The van der Waals surface area contributed by atoms with Crippen LogP contribution in [0.3, 0.4) is 0 Å². The quantitative estimate of drug-likeness (QED) is 0.641. The summed E-state index contributed by atoms with van der Waals surface area (Å²) in [6.07, 6.45) is 3.42. The largest absolute Gasteiger partial charge is 0.334 e. The van der Waals surface area contributed by atoms with Gasteiger partial charge in [-0.2, -0.15) is 0 Å². The molecule has 18 heavy (non-hydrogen) atoms. The van der Waals surface area contributed by atoms with Crippen LogP contribution in [-0.4, -0.2) is 51.1 Å². The first-order valence-electron chi connectivity index (χ1n) is 6.53. The predicted octanol–water partition coefficient (Wildman–Crippen LogP) is -0.385. The Hall–Kier alpha value is -0.820. The van der Waals surface area contributed by atoms with Gasteiger partial charge in [-0.1, -0.05) is 0 Å². The van der Waals surface area contributed by atoms with E-state index < -0.39 is 9.84 Å². The molecular formula is C11H21N3O3S. The van der Waals surface area contributed by atoms with E-state index in [1.54, 1.807) is 0 Å². The van der Waals surface area contributed by atoms with E-state index in [0.29, 0.717) is 6.42 Å². The van der Waals surface area contributed by atoms with Crippen LogP contribution in [0, 0.1) is 0 Å². The van der Waals surface area contributed by atoms with E-state index in [2.05, 4.69) is 16.0 Å². The molecular weight excluding hydrogens is 254 g/mol. The first-order chi connectivity index (χ1) is 8.55. The van der Waals surface area contributed by atoms with Gasteiger partial charge in [-0.3, -0.25) is 0 Å². The lowest BCUT2D eigenvalue weighted by atomic mass is 10.1. The van der Waals surface area contributed by atoms with Gasteiger partial charge in [0.1, 0.15) is 0 Å². The van der Waals surface area contributed by atoms with Gasteiger partial charge in [0, 0.05) is 18.6 Å². The molecule has 2 unspecified atom stereocenters. The van der Waals surface area contributed by atoms with Crippen LogP contribution in [0.4, 0.5) is 4.79 Å². The van der Waals surface area contributed by atoms with Gasteiger partial charge in [0.05, 0.1) is 11.5 Å². The Balaban J connectivity index is 1.76. The molecule has 0 saturated carbocycles. The van der Waals surface area contributed by atoms with Crippen LogP contribution in [0.2, 0.25) is 0 Å². The van der Waals surface area contributed by atoms with Crippen LogP contribution in [0.25, 0.3) is 0 Å². The molecule has 2 aliphatic rings. The maximum absolute atomic E-state index is 11.7. The Bertz CT molecular complexity index is 390. The van der Waals surface area contributed by atoms with Gasteiger partial charge in [-0.15, -0.1) is 0 Å². The van der Waals surface area contributed by atoms with Gasteiger partial charge >= 0.3 is 6.03 Å².